The third kappa shape index (κ3) is 2.83. The highest BCUT2D eigenvalue weighted by atomic mass is 16.5. The SMILES string of the molecule is Cc1ccc(C(OCC2CC2)C(C)N)o1. The van der Waals surface area contributed by atoms with Gasteiger partial charge in [0.1, 0.15) is 17.6 Å². The molecule has 3 heteroatoms. The molecule has 0 aromatic carbocycles. The first-order valence-electron chi connectivity index (χ1n) is 5.60. The topological polar surface area (TPSA) is 48.4 Å². The fourth-order valence-electron chi connectivity index (χ4n) is 1.62. The highest BCUT2D eigenvalue weighted by molar-refractivity contribution is 5.09. The van der Waals surface area contributed by atoms with Crippen molar-refractivity contribution >= 4 is 0 Å². The summed E-state index contributed by atoms with van der Waals surface area (Å²) in [6.07, 6.45) is 2.49. The molecule has 2 rings (SSSR count). The second kappa shape index (κ2) is 4.37. The van der Waals surface area contributed by atoms with E-state index in [1.165, 1.54) is 12.8 Å². The summed E-state index contributed by atoms with van der Waals surface area (Å²) in [5.74, 6) is 2.51. The van der Waals surface area contributed by atoms with Crippen molar-refractivity contribution in [2.24, 2.45) is 11.7 Å². The number of nitrogens with two attached hydrogens (primary N) is 1. The van der Waals surface area contributed by atoms with E-state index < -0.39 is 0 Å². The fraction of sp³-hybridized carbons (Fsp3) is 0.667. The van der Waals surface area contributed by atoms with Crippen LogP contribution in [-0.2, 0) is 4.74 Å². The van der Waals surface area contributed by atoms with Gasteiger partial charge in [-0.25, -0.2) is 0 Å². The van der Waals surface area contributed by atoms with Crippen LogP contribution < -0.4 is 5.73 Å². The monoisotopic (exact) mass is 209 g/mol. The summed E-state index contributed by atoms with van der Waals surface area (Å²) < 4.78 is 11.4. The second-order valence-corrected chi connectivity index (χ2v) is 4.50. The van der Waals surface area contributed by atoms with E-state index in [9.17, 15) is 0 Å². The molecule has 0 amide bonds. The van der Waals surface area contributed by atoms with E-state index in [4.69, 9.17) is 14.9 Å². The van der Waals surface area contributed by atoms with Gasteiger partial charge >= 0.3 is 0 Å². The third-order valence-corrected chi connectivity index (χ3v) is 2.73. The Morgan fingerprint density at radius 3 is 2.73 bits per heavy atom. The van der Waals surface area contributed by atoms with E-state index >= 15 is 0 Å². The van der Waals surface area contributed by atoms with E-state index in [0.29, 0.717) is 0 Å². The first-order chi connectivity index (χ1) is 7.16. The van der Waals surface area contributed by atoms with Crippen molar-refractivity contribution in [2.45, 2.75) is 38.8 Å². The molecular weight excluding hydrogens is 190 g/mol. The van der Waals surface area contributed by atoms with Crippen molar-refractivity contribution in [3.63, 3.8) is 0 Å². The van der Waals surface area contributed by atoms with Gasteiger partial charge in [0.2, 0.25) is 0 Å². The third-order valence-electron chi connectivity index (χ3n) is 2.73. The maximum absolute atomic E-state index is 5.90. The average molecular weight is 209 g/mol. The predicted molar refractivity (Wildman–Crippen MR) is 58.5 cm³/mol. The van der Waals surface area contributed by atoms with Crippen molar-refractivity contribution in [3.8, 4) is 0 Å². The van der Waals surface area contributed by atoms with Crippen LogP contribution in [0.2, 0.25) is 0 Å². The van der Waals surface area contributed by atoms with Crippen LogP contribution in [0.25, 0.3) is 0 Å². The zero-order valence-corrected chi connectivity index (χ0v) is 9.40. The van der Waals surface area contributed by atoms with Crippen molar-refractivity contribution < 1.29 is 9.15 Å². The molecule has 1 heterocycles. The average Bonchev–Trinajstić information content (AvgIpc) is 2.89. The Morgan fingerprint density at radius 2 is 2.27 bits per heavy atom. The molecule has 0 saturated heterocycles. The molecule has 1 aliphatic carbocycles. The standard InChI is InChI=1S/C12H19NO2/c1-8-3-6-11(15-8)12(9(2)13)14-7-10-4-5-10/h3,6,9-10,12H,4-5,7,13H2,1-2H3. The molecule has 2 atom stereocenters. The summed E-state index contributed by atoms with van der Waals surface area (Å²) in [7, 11) is 0. The van der Waals surface area contributed by atoms with Crippen molar-refractivity contribution in [3.05, 3.63) is 23.7 Å². The molecule has 1 fully saturated rings. The van der Waals surface area contributed by atoms with Crippen LogP contribution in [0.15, 0.2) is 16.5 Å². The largest absolute Gasteiger partial charge is 0.464 e. The van der Waals surface area contributed by atoms with Crippen LogP contribution in [0.4, 0.5) is 0 Å². The summed E-state index contributed by atoms with van der Waals surface area (Å²) in [4.78, 5) is 0. The molecule has 1 aromatic heterocycles. The predicted octanol–water partition coefficient (Wildman–Crippen LogP) is 2.40. The van der Waals surface area contributed by atoms with E-state index in [0.717, 1.165) is 24.0 Å². The molecule has 1 aliphatic rings. The van der Waals surface area contributed by atoms with Crippen LogP contribution in [-0.4, -0.2) is 12.6 Å². The molecule has 0 spiro atoms. The molecule has 0 aliphatic heterocycles. The molecule has 15 heavy (non-hydrogen) atoms. The van der Waals surface area contributed by atoms with Crippen LogP contribution in [0.3, 0.4) is 0 Å². The smallest absolute Gasteiger partial charge is 0.134 e. The van der Waals surface area contributed by atoms with Gasteiger partial charge in [0.05, 0.1) is 6.61 Å². The Bertz CT molecular complexity index is 315. The van der Waals surface area contributed by atoms with Gasteiger partial charge in [-0.15, -0.1) is 0 Å². The molecule has 1 aromatic rings. The first-order valence-corrected chi connectivity index (χ1v) is 5.60. The summed E-state index contributed by atoms with van der Waals surface area (Å²) >= 11 is 0. The molecule has 2 N–H and O–H groups in total. The zero-order chi connectivity index (χ0) is 10.8. The van der Waals surface area contributed by atoms with Gasteiger partial charge in [0.15, 0.2) is 0 Å². The number of aryl methyl sites for hydroxylation is 1. The summed E-state index contributed by atoms with van der Waals surface area (Å²) in [6, 6.07) is 3.87. The second-order valence-electron chi connectivity index (χ2n) is 4.50. The fourth-order valence-corrected chi connectivity index (χ4v) is 1.62. The van der Waals surface area contributed by atoms with Gasteiger partial charge in [-0.2, -0.15) is 0 Å². The first kappa shape index (κ1) is 10.7. The van der Waals surface area contributed by atoms with Crippen molar-refractivity contribution in [1.29, 1.82) is 0 Å². The highest BCUT2D eigenvalue weighted by Crippen LogP contribution is 2.32. The van der Waals surface area contributed by atoms with Crippen LogP contribution >= 0.6 is 0 Å². The van der Waals surface area contributed by atoms with Gasteiger partial charge in [-0.1, -0.05) is 0 Å². The maximum Gasteiger partial charge on any atom is 0.134 e. The van der Waals surface area contributed by atoms with E-state index in [-0.39, 0.29) is 12.1 Å². The molecular formula is C12H19NO2. The van der Waals surface area contributed by atoms with Crippen molar-refractivity contribution in [1.82, 2.24) is 0 Å². The summed E-state index contributed by atoms with van der Waals surface area (Å²) in [5, 5.41) is 0. The minimum Gasteiger partial charge on any atom is -0.464 e. The van der Waals surface area contributed by atoms with Gasteiger partial charge in [0, 0.05) is 6.04 Å². The normalized spacial score (nSPS) is 20.2. The van der Waals surface area contributed by atoms with Gasteiger partial charge in [-0.05, 0) is 44.7 Å². The zero-order valence-electron chi connectivity index (χ0n) is 9.40. The highest BCUT2D eigenvalue weighted by Gasteiger charge is 2.26. The Morgan fingerprint density at radius 1 is 1.53 bits per heavy atom. The minimum atomic E-state index is -0.0979. The Kier molecular flexibility index (Phi) is 3.12. The minimum absolute atomic E-state index is 0.0331. The van der Waals surface area contributed by atoms with E-state index in [1.54, 1.807) is 0 Å². The molecule has 84 valence electrons. The number of rotatable bonds is 5. The Labute approximate surface area is 90.6 Å². The summed E-state index contributed by atoms with van der Waals surface area (Å²) in [6.45, 7) is 4.70. The van der Waals surface area contributed by atoms with Crippen LogP contribution in [0.5, 0.6) is 0 Å². The van der Waals surface area contributed by atoms with E-state index in [2.05, 4.69) is 0 Å². The Hall–Kier alpha value is -0.800. The maximum atomic E-state index is 5.90. The number of hydrogen-bond acceptors (Lipinski definition) is 3. The summed E-state index contributed by atoms with van der Waals surface area (Å²) in [5.41, 5.74) is 5.90. The quantitative estimate of drug-likeness (QED) is 0.810. The lowest BCUT2D eigenvalue weighted by atomic mass is 10.1. The lowest BCUT2D eigenvalue weighted by Gasteiger charge is -2.19. The molecule has 2 unspecified atom stereocenters. The number of furan rings is 1. The number of ether oxygens (including phenoxy) is 1. The Balaban J connectivity index is 1.97. The van der Waals surface area contributed by atoms with Crippen molar-refractivity contribution in [2.75, 3.05) is 6.61 Å². The van der Waals surface area contributed by atoms with Crippen LogP contribution in [0.1, 0.15) is 37.4 Å². The number of hydrogen-bond donors (Lipinski definition) is 1. The van der Waals surface area contributed by atoms with Gasteiger partial charge < -0.3 is 14.9 Å². The molecule has 3 nitrogen and oxygen atoms in total. The molecule has 1 saturated carbocycles. The van der Waals surface area contributed by atoms with E-state index in [1.807, 2.05) is 26.0 Å². The van der Waals surface area contributed by atoms with Crippen LogP contribution in [0, 0.1) is 12.8 Å². The lowest BCUT2D eigenvalue weighted by Crippen LogP contribution is -2.27. The lowest BCUT2D eigenvalue weighted by molar-refractivity contribution is 0.0170. The molecule has 0 bridgehead atoms. The molecule has 0 radical (unpaired) electrons. The van der Waals surface area contributed by atoms with Gasteiger partial charge in [0.25, 0.3) is 0 Å². The van der Waals surface area contributed by atoms with Gasteiger partial charge in [-0.3, -0.25) is 0 Å².